The Hall–Kier alpha value is -3.00. The molecule has 8 heteroatoms. The second-order valence-electron chi connectivity index (χ2n) is 6.28. The van der Waals surface area contributed by atoms with Crippen molar-refractivity contribution in [2.24, 2.45) is 0 Å². The number of likely N-dealkylation sites (N-methyl/N-ethyl adjacent to an activating group) is 1. The number of thioether (sulfide) groups is 1. The molecule has 2 aromatic rings. The third-order valence-electron chi connectivity index (χ3n) is 4.09. The van der Waals surface area contributed by atoms with E-state index in [0.29, 0.717) is 11.4 Å². The maximum absolute atomic E-state index is 12.3. The van der Waals surface area contributed by atoms with Gasteiger partial charge in [-0.3, -0.25) is 9.59 Å². The molecule has 0 bridgehead atoms. The number of aryl methyl sites for hydroxylation is 1. The SMILES string of the molecule is COc1ccc(C)cc1C(=O)OCC(=O)N(C)CC(=O)Nc1ccccc1SC. The first-order valence-corrected chi connectivity index (χ1v) is 10.1. The fourth-order valence-corrected chi connectivity index (χ4v) is 3.09. The molecule has 0 spiro atoms. The molecule has 2 amide bonds. The fraction of sp³-hybridized carbons (Fsp3) is 0.286. The van der Waals surface area contributed by atoms with Crippen molar-refractivity contribution < 1.29 is 23.9 Å². The van der Waals surface area contributed by atoms with Crippen molar-refractivity contribution in [3.05, 3.63) is 53.6 Å². The zero-order chi connectivity index (χ0) is 21.4. The van der Waals surface area contributed by atoms with Crippen LogP contribution in [0.15, 0.2) is 47.4 Å². The number of para-hydroxylation sites is 1. The second-order valence-corrected chi connectivity index (χ2v) is 7.13. The minimum Gasteiger partial charge on any atom is -0.496 e. The molecule has 0 saturated heterocycles. The van der Waals surface area contributed by atoms with E-state index >= 15 is 0 Å². The number of nitrogens with zero attached hydrogens (tertiary/aromatic N) is 1. The summed E-state index contributed by atoms with van der Waals surface area (Å²) >= 11 is 1.51. The van der Waals surface area contributed by atoms with E-state index in [-0.39, 0.29) is 18.0 Å². The van der Waals surface area contributed by atoms with Crippen molar-refractivity contribution in [2.75, 3.05) is 38.9 Å². The van der Waals surface area contributed by atoms with E-state index in [9.17, 15) is 14.4 Å². The Bertz CT molecular complexity index is 900. The molecule has 0 fully saturated rings. The number of hydrogen-bond acceptors (Lipinski definition) is 6. The Balaban J connectivity index is 1.89. The summed E-state index contributed by atoms with van der Waals surface area (Å²) < 4.78 is 10.3. The highest BCUT2D eigenvalue weighted by molar-refractivity contribution is 7.98. The van der Waals surface area contributed by atoms with Crippen LogP contribution in [0.3, 0.4) is 0 Å². The van der Waals surface area contributed by atoms with Gasteiger partial charge in [-0.2, -0.15) is 0 Å². The number of esters is 1. The number of rotatable bonds is 8. The molecule has 1 N–H and O–H groups in total. The van der Waals surface area contributed by atoms with Gasteiger partial charge in [0.2, 0.25) is 5.91 Å². The van der Waals surface area contributed by atoms with Crippen molar-refractivity contribution in [3.63, 3.8) is 0 Å². The van der Waals surface area contributed by atoms with Gasteiger partial charge in [0.05, 0.1) is 19.3 Å². The smallest absolute Gasteiger partial charge is 0.342 e. The van der Waals surface area contributed by atoms with Gasteiger partial charge in [-0.15, -0.1) is 11.8 Å². The van der Waals surface area contributed by atoms with Gasteiger partial charge in [-0.05, 0) is 37.4 Å². The quantitative estimate of drug-likeness (QED) is 0.526. The Morgan fingerprint density at radius 3 is 2.55 bits per heavy atom. The Morgan fingerprint density at radius 2 is 1.86 bits per heavy atom. The Morgan fingerprint density at radius 1 is 1.14 bits per heavy atom. The number of nitrogens with one attached hydrogen (secondary N) is 1. The highest BCUT2D eigenvalue weighted by Gasteiger charge is 2.19. The number of anilines is 1. The van der Waals surface area contributed by atoms with E-state index in [1.807, 2.05) is 37.4 Å². The molecule has 2 rings (SSSR count). The van der Waals surface area contributed by atoms with E-state index in [1.54, 1.807) is 18.2 Å². The molecular formula is C21H24N2O5S. The van der Waals surface area contributed by atoms with Gasteiger partial charge >= 0.3 is 5.97 Å². The number of methoxy groups -OCH3 is 1. The molecule has 29 heavy (non-hydrogen) atoms. The van der Waals surface area contributed by atoms with Crippen LogP contribution in [0.25, 0.3) is 0 Å². The van der Waals surface area contributed by atoms with E-state index in [2.05, 4.69) is 5.32 Å². The summed E-state index contributed by atoms with van der Waals surface area (Å²) in [5, 5.41) is 2.78. The van der Waals surface area contributed by atoms with Crippen LogP contribution in [0.4, 0.5) is 5.69 Å². The van der Waals surface area contributed by atoms with Crippen molar-refractivity contribution in [1.82, 2.24) is 4.90 Å². The number of carbonyl (C=O) groups excluding carboxylic acids is 3. The first-order valence-electron chi connectivity index (χ1n) is 8.84. The van der Waals surface area contributed by atoms with Gasteiger partial charge in [0.1, 0.15) is 11.3 Å². The maximum Gasteiger partial charge on any atom is 0.342 e. The summed E-state index contributed by atoms with van der Waals surface area (Å²) in [6.07, 6.45) is 1.91. The van der Waals surface area contributed by atoms with Gasteiger partial charge in [-0.1, -0.05) is 23.8 Å². The van der Waals surface area contributed by atoms with Crippen LogP contribution in [0.1, 0.15) is 15.9 Å². The van der Waals surface area contributed by atoms with Gasteiger partial charge in [-0.25, -0.2) is 4.79 Å². The normalized spacial score (nSPS) is 10.2. The lowest BCUT2D eigenvalue weighted by Crippen LogP contribution is -2.37. The number of hydrogen-bond donors (Lipinski definition) is 1. The predicted molar refractivity (Wildman–Crippen MR) is 113 cm³/mol. The van der Waals surface area contributed by atoms with Gasteiger partial charge in [0, 0.05) is 11.9 Å². The van der Waals surface area contributed by atoms with Crippen LogP contribution in [-0.2, 0) is 14.3 Å². The number of carbonyl (C=O) groups is 3. The number of benzene rings is 2. The summed E-state index contributed by atoms with van der Waals surface area (Å²) in [7, 11) is 2.93. The molecule has 0 atom stereocenters. The lowest BCUT2D eigenvalue weighted by Gasteiger charge is -2.17. The zero-order valence-electron chi connectivity index (χ0n) is 16.9. The highest BCUT2D eigenvalue weighted by atomic mass is 32.2. The molecule has 0 aromatic heterocycles. The second kappa shape index (κ2) is 10.5. The van der Waals surface area contributed by atoms with Crippen LogP contribution < -0.4 is 10.1 Å². The lowest BCUT2D eigenvalue weighted by atomic mass is 10.1. The fourth-order valence-electron chi connectivity index (χ4n) is 2.54. The first kappa shape index (κ1) is 22.3. The van der Waals surface area contributed by atoms with Crippen LogP contribution in [0.5, 0.6) is 5.75 Å². The molecule has 0 aliphatic heterocycles. The first-order chi connectivity index (χ1) is 13.8. The third-order valence-corrected chi connectivity index (χ3v) is 4.89. The molecule has 154 valence electrons. The standard InChI is InChI=1S/C21H24N2O5S/c1-14-9-10-17(27-3)15(11-14)21(26)28-13-20(25)23(2)12-19(24)22-16-7-5-6-8-18(16)29-4/h5-11H,12-13H2,1-4H3,(H,22,24). The maximum atomic E-state index is 12.3. The molecule has 2 aromatic carbocycles. The largest absolute Gasteiger partial charge is 0.496 e. The van der Waals surface area contributed by atoms with Crippen molar-refractivity contribution in [2.45, 2.75) is 11.8 Å². The van der Waals surface area contributed by atoms with E-state index in [4.69, 9.17) is 9.47 Å². The van der Waals surface area contributed by atoms with Crippen LogP contribution in [0, 0.1) is 6.92 Å². The predicted octanol–water partition coefficient (Wildman–Crippen LogP) is 2.98. The minimum atomic E-state index is -0.661. The van der Waals surface area contributed by atoms with Crippen LogP contribution >= 0.6 is 11.8 Å². The highest BCUT2D eigenvalue weighted by Crippen LogP contribution is 2.24. The molecule has 0 saturated carbocycles. The van der Waals surface area contributed by atoms with Crippen LogP contribution in [0.2, 0.25) is 0 Å². The topological polar surface area (TPSA) is 84.9 Å². The molecule has 0 aliphatic rings. The lowest BCUT2D eigenvalue weighted by molar-refractivity contribution is -0.136. The molecule has 7 nitrogen and oxygen atoms in total. The van der Waals surface area contributed by atoms with E-state index in [1.165, 1.54) is 30.8 Å². The monoisotopic (exact) mass is 416 g/mol. The summed E-state index contributed by atoms with van der Waals surface area (Å²) in [6, 6.07) is 12.5. The Labute approximate surface area is 174 Å². The number of amides is 2. The van der Waals surface area contributed by atoms with Gasteiger partial charge < -0.3 is 19.7 Å². The van der Waals surface area contributed by atoms with Crippen molar-refractivity contribution >= 4 is 35.2 Å². The van der Waals surface area contributed by atoms with E-state index < -0.39 is 18.5 Å². The van der Waals surface area contributed by atoms with Crippen LogP contribution in [-0.4, -0.2) is 56.2 Å². The van der Waals surface area contributed by atoms with Gasteiger partial charge in [0.25, 0.3) is 5.91 Å². The summed E-state index contributed by atoms with van der Waals surface area (Å²) in [5.41, 5.74) is 1.79. The van der Waals surface area contributed by atoms with Crippen molar-refractivity contribution in [3.8, 4) is 5.75 Å². The third kappa shape index (κ3) is 6.25. The number of ether oxygens (including phenoxy) is 2. The summed E-state index contributed by atoms with van der Waals surface area (Å²) in [5.74, 6) is -1.12. The molecule has 0 radical (unpaired) electrons. The average molecular weight is 416 g/mol. The summed E-state index contributed by atoms with van der Waals surface area (Å²) in [6.45, 7) is 1.21. The molecule has 0 heterocycles. The molecule has 0 unspecified atom stereocenters. The molecule has 0 aliphatic carbocycles. The Kier molecular flexibility index (Phi) is 8.09. The zero-order valence-corrected chi connectivity index (χ0v) is 17.7. The molecular weight excluding hydrogens is 392 g/mol. The van der Waals surface area contributed by atoms with Gasteiger partial charge in [0.15, 0.2) is 6.61 Å². The van der Waals surface area contributed by atoms with Crippen molar-refractivity contribution in [1.29, 1.82) is 0 Å². The average Bonchev–Trinajstić information content (AvgIpc) is 2.71. The van der Waals surface area contributed by atoms with E-state index in [0.717, 1.165) is 10.5 Å². The summed E-state index contributed by atoms with van der Waals surface area (Å²) in [4.78, 5) is 38.9. The minimum absolute atomic E-state index is 0.160.